The zero-order chi connectivity index (χ0) is 14.8. The summed E-state index contributed by atoms with van der Waals surface area (Å²) in [7, 11) is 4.23. The van der Waals surface area contributed by atoms with Gasteiger partial charge in [-0.2, -0.15) is 0 Å². The van der Waals surface area contributed by atoms with Gasteiger partial charge in [-0.3, -0.25) is 0 Å². The van der Waals surface area contributed by atoms with Crippen molar-refractivity contribution in [3.63, 3.8) is 0 Å². The largest absolute Gasteiger partial charge is 0.313 e. The van der Waals surface area contributed by atoms with E-state index in [0.29, 0.717) is 12.0 Å². The van der Waals surface area contributed by atoms with Crippen LogP contribution in [0.5, 0.6) is 0 Å². The molecule has 2 rings (SSSR count). The molecule has 0 aliphatic heterocycles. The molecule has 1 fully saturated rings. The minimum absolute atomic E-state index is 0.119. The molecule has 1 aliphatic rings. The lowest BCUT2D eigenvalue weighted by molar-refractivity contribution is 0.200. The predicted octanol–water partition coefficient (Wildman–Crippen LogP) is 3.25. The molecule has 0 heterocycles. The lowest BCUT2D eigenvalue weighted by Gasteiger charge is -2.39. The Morgan fingerprint density at radius 2 is 2.00 bits per heavy atom. The Morgan fingerprint density at radius 3 is 2.60 bits per heavy atom. The van der Waals surface area contributed by atoms with Crippen molar-refractivity contribution in [3.05, 3.63) is 35.6 Å². The molecule has 0 spiro atoms. The number of nitrogens with one attached hydrogen (secondary N) is 1. The van der Waals surface area contributed by atoms with Crippen molar-refractivity contribution in [1.29, 1.82) is 0 Å². The Morgan fingerprint density at radius 1 is 1.30 bits per heavy atom. The summed E-state index contributed by atoms with van der Waals surface area (Å²) in [5.41, 5.74) is 1.43. The molecule has 3 heteroatoms. The quantitative estimate of drug-likeness (QED) is 0.859. The molecule has 0 unspecified atom stereocenters. The molecule has 20 heavy (non-hydrogen) atoms. The van der Waals surface area contributed by atoms with Crippen molar-refractivity contribution in [2.75, 3.05) is 27.2 Å². The third-order valence-corrected chi connectivity index (χ3v) is 4.07. The van der Waals surface area contributed by atoms with Crippen LogP contribution in [0.2, 0.25) is 0 Å². The van der Waals surface area contributed by atoms with Gasteiger partial charge in [-0.1, -0.05) is 26.0 Å². The normalized spacial score (nSPS) is 22.9. The summed E-state index contributed by atoms with van der Waals surface area (Å²) in [6.45, 7) is 6.71. The van der Waals surface area contributed by atoms with E-state index in [-0.39, 0.29) is 11.2 Å². The molecule has 2 nitrogen and oxygen atoms in total. The highest BCUT2D eigenvalue weighted by atomic mass is 19.1. The van der Waals surface area contributed by atoms with Crippen molar-refractivity contribution in [3.8, 4) is 0 Å². The van der Waals surface area contributed by atoms with Gasteiger partial charge in [0, 0.05) is 19.1 Å². The molecule has 0 radical (unpaired) electrons. The van der Waals surface area contributed by atoms with Gasteiger partial charge in [-0.15, -0.1) is 0 Å². The van der Waals surface area contributed by atoms with E-state index in [0.717, 1.165) is 31.5 Å². The SMILES string of the molecule is CN(C)CC(C)(C)CNC1CC(c2cccc(F)c2)C1. The second-order valence-electron chi connectivity index (χ2n) is 7.20. The Labute approximate surface area is 122 Å². The van der Waals surface area contributed by atoms with Crippen LogP contribution >= 0.6 is 0 Å². The van der Waals surface area contributed by atoms with E-state index >= 15 is 0 Å². The van der Waals surface area contributed by atoms with Crippen LogP contribution in [-0.4, -0.2) is 38.1 Å². The molecule has 1 aromatic rings. The van der Waals surface area contributed by atoms with E-state index in [4.69, 9.17) is 0 Å². The van der Waals surface area contributed by atoms with Crippen LogP contribution in [-0.2, 0) is 0 Å². The Balaban J connectivity index is 1.74. The van der Waals surface area contributed by atoms with Crippen molar-refractivity contribution in [2.45, 2.75) is 38.6 Å². The summed E-state index contributed by atoms with van der Waals surface area (Å²) in [6, 6.07) is 7.63. The van der Waals surface area contributed by atoms with Gasteiger partial charge >= 0.3 is 0 Å². The maximum absolute atomic E-state index is 13.2. The van der Waals surface area contributed by atoms with Crippen LogP contribution in [0, 0.1) is 11.2 Å². The molecule has 0 saturated heterocycles. The molecule has 0 amide bonds. The topological polar surface area (TPSA) is 15.3 Å². The average Bonchev–Trinajstić information content (AvgIpc) is 2.24. The van der Waals surface area contributed by atoms with Gasteiger partial charge < -0.3 is 10.2 Å². The van der Waals surface area contributed by atoms with Gasteiger partial charge in [0.05, 0.1) is 0 Å². The zero-order valence-corrected chi connectivity index (χ0v) is 13.1. The van der Waals surface area contributed by atoms with Crippen molar-refractivity contribution < 1.29 is 4.39 Å². The third kappa shape index (κ3) is 4.29. The van der Waals surface area contributed by atoms with Crippen molar-refractivity contribution in [2.24, 2.45) is 5.41 Å². The summed E-state index contributed by atoms with van der Waals surface area (Å²) in [6.07, 6.45) is 2.25. The number of rotatable bonds is 6. The first kappa shape index (κ1) is 15.5. The Bertz CT molecular complexity index is 436. The van der Waals surface area contributed by atoms with Crippen LogP contribution in [0.4, 0.5) is 4.39 Å². The molecular formula is C17H27FN2. The number of benzene rings is 1. The number of halogens is 1. The molecule has 0 bridgehead atoms. The summed E-state index contributed by atoms with van der Waals surface area (Å²) < 4.78 is 13.2. The molecular weight excluding hydrogens is 251 g/mol. The minimum Gasteiger partial charge on any atom is -0.313 e. The van der Waals surface area contributed by atoms with E-state index in [1.54, 1.807) is 6.07 Å². The zero-order valence-electron chi connectivity index (χ0n) is 13.1. The van der Waals surface area contributed by atoms with Crippen molar-refractivity contribution >= 4 is 0 Å². The minimum atomic E-state index is -0.119. The Hall–Kier alpha value is -0.930. The lowest BCUT2D eigenvalue weighted by Crippen LogP contribution is -2.46. The fraction of sp³-hybridized carbons (Fsp3) is 0.647. The Kier molecular flexibility index (Phi) is 4.82. The molecule has 1 saturated carbocycles. The number of hydrogen-bond donors (Lipinski definition) is 1. The van der Waals surface area contributed by atoms with Crippen LogP contribution in [0.1, 0.15) is 38.2 Å². The third-order valence-electron chi connectivity index (χ3n) is 4.07. The molecule has 112 valence electrons. The van der Waals surface area contributed by atoms with Gasteiger partial charge in [-0.05, 0) is 56.0 Å². The summed E-state index contributed by atoms with van der Waals surface area (Å²) in [5, 5.41) is 3.66. The van der Waals surface area contributed by atoms with Crippen LogP contribution in [0.3, 0.4) is 0 Å². The molecule has 0 atom stereocenters. The first-order valence-corrected chi connectivity index (χ1v) is 7.49. The smallest absolute Gasteiger partial charge is 0.123 e. The molecule has 1 aliphatic carbocycles. The predicted molar refractivity (Wildman–Crippen MR) is 82.5 cm³/mol. The molecule has 0 aromatic heterocycles. The first-order valence-electron chi connectivity index (χ1n) is 7.49. The van der Waals surface area contributed by atoms with E-state index < -0.39 is 0 Å². The van der Waals surface area contributed by atoms with E-state index in [9.17, 15) is 4.39 Å². The highest BCUT2D eigenvalue weighted by Crippen LogP contribution is 2.37. The molecule has 1 aromatic carbocycles. The second kappa shape index (κ2) is 6.23. The van der Waals surface area contributed by atoms with Crippen LogP contribution < -0.4 is 5.32 Å². The van der Waals surface area contributed by atoms with Gasteiger partial charge in [0.15, 0.2) is 0 Å². The van der Waals surface area contributed by atoms with E-state index in [1.807, 2.05) is 12.1 Å². The van der Waals surface area contributed by atoms with Crippen LogP contribution in [0.25, 0.3) is 0 Å². The highest BCUT2D eigenvalue weighted by molar-refractivity contribution is 5.23. The standard InChI is InChI=1S/C17H27FN2/c1-17(2,12-20(3)4)11-19-16-9-14(10-16)13-6-5-7-15(18)8-13/h5-8,14,16,19H,9-12H2,1-4H3. The van der Waals surface area contributed by atoms with Crippen molar-refractivity contribution in [1.82, 2.24) is 10.2 Å². The summed E-state index contributed by atoms with van der Waals surface area (Å²) >= 11 is 0. The summed E-state index contributed by atoms with van der Waals surface area (Å²) in [5.74, 6) is 0.409. The second-order valence-corrected chi connectivity index (χ2v) is 7.20. The van der Waals surface area contributed by atoms with Gasteiger partial charge in [-0.25, -0.2) is 4.39 Å². The maximum Gasteiger partial charge on any atom is 0.123 e. The fourth-order valence-electron chi connectivity index (χ4n) is 3.15. The average molecular weight is 278 g/mol. The van der Waals surface area contributed by atoms with E-state index in [1.165, 1.54) is 6.07 Å². The van der Waals surface area contributed by atoms with Gasteiger partial charge in [0.2, 0.25) is 0 Å². The van der Waals surface area contributed by atoms with Gasteiger partial charge in [0.25, 0.3) is 0 Å². The number of nitrogens with zero attached hydrogens (tertiary/aromatic N) is 1. The fourth-order valence-corrected chi connectivity index (χ4v) is 3.15. The van der Waals surface area contributed by atoms with E-state index in [2.05, 4.69) is 38.2 Å². The summed E-state index contributed by atoms with van der Waals surface area (Å²) in [4.78, 5) is 2.23. The molecule has 1 N–H and O–H groups in total. The number of hydrogen-bond acceptors (Lipinski definition) is 2. The van der Waals surface area contributed by atoms with Gasteiger partial charge in [0.1, 0.15) is 5.82 Å². The van der Waals surface area contributed by atoms with Crippen LogP contribution in [0.15, 0.2) is 24.3 Å². The monoisotopic (exact) mass is 278 g/mol. The highest BCUT2D eigenvalue weighted by Gasteiger charge is 2.31. The lowest BCUT2D eigenvalue weighted by atomic mass is 9.75. The first-order chi connectivity index (χ1) is 9.35. The maximum atomic E-state index is 13.2.